The normalized spacial score (nSPS) is 10.9. The van der Waals surface area contributed by atoms with E-state index in [9.17, 15) is 4.79 Å². The molecule has 0 aliphatic carbocycles. The molecule has 0 spiro atoms. The number of thiophene rings is 1. The number of nitrogens with one attached hydrogen (secondary N) is 1. The quantitative estimate of drug-likeness (QED) is 0.374. The molecule has 30 heavy (non-hydrogen) atoms. The highest BCUT2D eigenvalue weighted by molar-refractivity contribution is 7.98. The lowest BCUT2D eigenvalue weighted by Gasteiger charge is -2.13. The molecule has 4 aromatic rings. The van der Waals surface area contributed by atoms with Gasteiger partial charge in [-0.2, -0.15) is 0 Å². The van der Waals surface area contributed by atoms with Crippen LogP contribution >= 0.6 is 34.7 Å². The van der Waals surface area contributed by atoms with Crippen LogP contribution in [0.25, 0.3) is 5.69 Å². The van der Waals surface area contributed by atoms with Gasteiger partial charge in [0.2, 0.25) is 0 Å². The lowest BCUT2D eigenvalue weighted by molar-refractivity contribution is 0.0953. The second kappa shape index (κ2) is 9.47. The molecule has 5 nitrogen and oxygen atoms in total. The minimum atomic E-state index is -0.124. The number of amides is 1. The maximum Gasteiger partial charge on any atom is 0.261 e. The maximum atomic E-state index is 12.4. The summed E-state index contributed by atoms with van der Waals surface area (Å²) in [5.41, 5.74) is 3.16. The summed E-state index contributed by atoms with van der Waals surface area (Å²) in [4.78, 5) is 13.0. The first-order valence-electron chi connectivity index (χ1n) is 9.31. The number of halogens is 1. The first-order valence-corrected chi connectivity index (χ1v) is 11.6. The molecule has 1 amide bonds. The SMILES string of the molecule is Cc1ccc(Cl)cc1-n1c(CNC(=O)c2cccs2)nnc1SCc1ccccc1. The zero-order valence-electron chi connectivity index (χ0n) is 16.2. The summed E-state index contributed by atoms with van der Waals surface area (Å²) < 4.78 is 1.98. The van der Waals surface area contributed by atoms with E-state index in [1.165, 1.54) is 16.9 Å². The lowest BCUT2D eigenvalue weighted by Crippen LogP contribution is -2.24. The van der Waals surface area contributed by atoms with Crippen molar-refractivity contribution >= 4 is 40.6 Å². The number of rotatable bonds is 7. The number of benzene rings is 2. The third-order valence-electron chi connectivity index (χ3n) is 4.48. The van der Waals surface area contributed by atoms with Crippen LogP contribution < -0.4 is 5.32 Å². The fraction of sp³-hybridized carbons (Fsp3) is 0.136. The molecule has 0 unspecified atom stereocenters. The van der Waals surface area contributed by atoms with Crippen molar-refractivity contribution in [2.45, 2.75) is 24.4 Å². The number of hydrogen-bond donors (Lipinski definition) is 1. The van der Waals surface area contributed by atoms with E-state index in [2.05, 4.69) is 27.6 Å². The molecule has 0 bridgehead atoms. The van der Waals surface area contributed by atoms with Crippen LogP contribution in [0.3, 0.4) is 0 Å². The highest BCUT2D eigenvalue weighted by Crippen LogP contribution is 2.28. The number of aromatic nitrogens is 3. The summed E-state index contributed by atoms with van der Waals surface area (Å²) in [5, 5.41) is 15.0. The zero-order valence-corrected chi connectivity index (χ0v) is 18.6. The van der Waals surface area contributed by atoms with Crippen molar-refractivity contribution in [1.29, 1.82) is 0 Å². The van der Waals surface area contributed by atoms with E-state index < -0.39 is 0 Å². The fourth-order valence-electron chi connectivity index (χ4n) is 2.95. The summed E-state index contributed by atoms with van der Waals surface area (Å²) in [7, 11) is 0. The van der Waals surface area contributed by atoms with Crippen molar-refractivity contribution in [3.05, 3.63) is 92.9 Å². The van der Waals surface area contributed by atoms with Crippen molar-refractivity contribution in [2.24, 2.45) is 0 Å². The zero-order chi connectivity index (χ0) is 20.9. The Morgan fingerprint density at radius 1 is 1.13 bits per heavy atom. The molecule has 0 radical (unpaired) electrons. The number of aryl methyl sites for hydroxylation is 1. The predicted molar refractivity (Wildman–Crippen MR) is 123 cm³/mol. The van der Waals surface area contributed by atoms with Crippen LogP contribution in [0.4, 0.5) is 0 Å². The Kier molecular flexibility index (Phi) is 6.52. The Bertz CT molecular complexity index is 1140. The Labute approximate surface area is 188 Å². The van der Waals surface area contributed by atoms with Gasteiger partial charge in [0.1, 0.15) is 0 Å². The molecule has 0 fully saturated rings. The van der Waals surface area contributed by atoms with Crippen LogP contribution in [0.1, 0.15) is 26.6 Å². The summed E-state index contributed by atoms with van der Waals surface area (Å²) in [6, 6.07) is 19.6. The van der Waals surface area contributed by atoms with E-state index >= 15 is 0 Å². The van der Waals surface area contributed by atoms with Crippen LogP contribution in [0.5, 0.6) is 0 Å². The molecule has 152 valence electrons. The molecular weight excluding hydrogens is 436 g/mol. The number of nitrogens with zero attached hydrogens (tertiary/aromatic N) is 3. The Morgan fingerprint density at radius 2 is 1.97 bits per heavy atom. The number of carbonyl (C=O) groups is 1. The van der Waals surface area contributed by atoms with Crippen LogP contribution in [0.15, 0.2) is 71.2 Å². The van der Waals surface area contributed by atoms with Crippen molar-refractivity contribution < 1.29 is 4.79 Å². The Balaban J connectivity index is 1.63. The average molecular weight is 455 g/mol. The van der Waals surface area contributed by atoms with E-state index in [0.29, 0.717) is 15.7 Å². The minimum absolute atomic E-state index is 0.124. The van der Waals surface area contributed by atoms with Gasteiger partial charge in [-0.05, 0) is 41.6 Å². The standard InChI is InChI=1S/C22H19ClN4OS2/c1-15-9-10-17(23)12-18(15)27-20(13-24-21(28)19-8-5-11-29-19)25-26-22(27)30-14-16-6-3-2-4-7-16/h2-12H,13-14H2,1H3,(H,24,28). The molecule has 0 saturated carbocycles. The van der Waals surface area contributed by atoms with Crippen LogP contribution in [-0.2, 0) is 12.3 Å². The van der Waals surface area contributed by atoms with Crippen LogP contribution in [-0.4, -0.2) is 20.7 Å². The second-order valence-electron chi connectivity index (χ2n) is 6.60. The number of hydrogen-bond acceptors (Lipinski definition) is 5. The highest BCUT2D eigenvalue weighted by atomic mass is 35.5. The second-order valence-corrected chi connectivity index (χ2v) is 8.93. The van der Waals surface area contributed by atoms with Gasteiger partial charge in [-0.25, -0.2) is 0 Å². The molecule has 0 atom stereocenters. The van der Waals surface area contributed by atoms with Crippen molar-refractivity contribution in [1.82, 2.24) is 20.1 Å². The van der Waals surface area contributed by atoms with Gasteiger partial charge < -0.3 is 5.32 Å². The smallest absolute Gasteiger partial charge is 0.261 e. The van der Waals surface area contributed by atoms with Crippen LogP contribution in [0, 0.1) is 6.92 Å². The molecule has 2 aromatic heterocycles. The van der Waals surface area contributed by atoms with Gasteiger partial charge in [-0.15, -0.1) is 21.5 Å². The molecular formula is C22H19ClN4OS2. The highest BCUT2D eigenvalue weighted by Gasteiger charge is 2.18. The van der Waals surface area contributed by atoms with Gasteiger partial charge in [0, 0.05) is 10.8 Å². The van der Waals surface area contributed by atoms with E-state index in [4.69, 9.17) is 11.6 Å². The van der Waals surface area contributed by atoms with Gasteiger partial charge in [0.05, 0.1) is 17.1 Å². The monoisotopic (exact) mass is 454 g/mol. The summed E-state index contributed by atoms with van der Waals surface area (Å²) in [6.07, 6.45) is 0. The number of thioether (sulfide) groups is 1. The molecule has 2 aromatic carbocycles. The first kappa shape index (κ1) is 20.7. The molecule has 1 N–H and O–H groups in total. The van der Waals surface area contributed by atoms with Crippen molar-refractivity contribution in [2.75, 3.05) is 0 Å². The van der Waals surface area contributed by atoms with Crippen LogP contribution in [0.2, 0.25) is 5.02 Å². The van der Waals surface area contributed by atoms with Gasteiger partial charge in [0.15, 0.2) is 11.0 Å². The third-order valence-corrected chi connectivity index (χ3v) is 6.58. The molecule has 0 saturated heterocycles. The molecule has 2 heterocycles. The maximum absolute atomic E-state index is 12.4. The topological polar surface area (TPSA) is 59.8 Å². The van der Waals surface area contributed by atoms with Gasteiger partial charge in [0.25, 0.3) is 5.91 Å². The molecule has 4 rings (SSSR count). The fourth-order valence-corrected chi connectivity index (χ4v) is 4.68. The average Bonchev–Trinajstić information content (AvgIpc) is 3.43. The van der Waals surface area contributed by atoms with Gasteiger partial charge in [-0.1, -0.05) is 65.8 Å². The van der Waals surface area contributed by atoms with Crippen molar-refractivity contribution in [3.63, 3.8) is 0 Å². The van der Waals surface area contributed by atoms with Gasteiger partial charge >= 0.3 is 0 Å². The summed E-state index contributed by atoms with van der Waals surface area (Å²) >= 11 is 9.28. The lowest BCUT2D eigenvalue weighted by atomic mass is 10.2. The summed E-state index contributed by atoms with van der Waals surface area (Å²) in [6.45, 7) is 2.28. The minimum Gasteiger partial charge on any atom is -0.344 e. The number of carbonyl (C=O) groups excluding carboxylic acids is 1. The molecule has 0 aliphatic heterocycles. The van der Waals surface area contributed by atoms with E-state index in [1.54, 1.807) is 17.8 Å². The van der Waals surface area contributed by atoms with Gasteiger partial charge in [-0.3, -0.25) is 9.36 Å². The summed E-state index contributed by atoms with van der Waals surface area (Å²) in [5.74, 6) is 1.29. The van der Waals surface area contributed by atoms with E-state index in [0.717, 1.165) is 22.2 Å². The Hall–Kier alpha value is -2.61. The molecule has 8 heteroatoms. The first-order chi connectivity index (χ1) is 14.6. The van der Waals surface area contributed by atoms with E-state index in [-0.39, 0.29) is 12.5 Å². The third kappa shape index (κ3) is 4.75. The largest absolute Gasteiger partial charge is 0.344 e. The van der Waals surface area contributed by atoms with Crippen molar-refractivity contribution in [3.8, 4) is 5.69 Å². The predicted octanol–water partition coefficient (Wildman–Crippen LogP) is 5.51. The molecule has 0 aliphatic rings. The Morgan fingerprint density at radius 3 is 2.73 bits per heavy atom. The van der Waals surface area contributed by atoms with E-state index in [1.807, 2.05) is 59.3 Å².